The van der Waals surface area contributed by atoms with Gasteiger partial charge in [0.1, 0.15) is 11.6 Å². The first-order valence-electron chi connectivity index (χ1n) is 5.99. The Hall–Kier alpha value is -2.16. The highest BCUT2D eigenvalue weighted by atomic mass is 19.1. The molecule has 98 valence electrons. The number of ketones is 1. The fourth-order valence-electron chi connectivity index (χ4n) is 2.16. The van der Waals surface area contributed by atoms with Gasteiger partial charge in [0.2, 0.25) is 0 Å². The molecule has 0 aliphatic carbocycles. The Balaban J connectivity index is 2.59. The smallest absolute Gasteiger partial charge is 0.199 e. The normalized spacial score (nSPS) is 10.3. The van der Waals surface area contributed by atoms with Crippen LogP contribution < -0.4 is 4.74 Å². The molecule has 19 heavy (non-hydrogen) atoms. The Morgan fingerprint density at radius 2 is 1.84 bits per heavy atom. The van der Waals surface area contributed by atoms with E-state index in [4.69, 9.17) is 4.74 Å². The molecule has 0 spiro atoms. The Labute approximate surface area is 111 Å². The van der Waals surface area contributed by atoms with Crippen molar-refractivity contribution in [2.75, 3.05) is 7.11 Å². The van der Waals surface area contributed by atoms with Crippen molar-refractivity contribution in [2.24, 2.45) is 0 Å². The summed E-state index contributed by atoms with van der Waals surface area (Å²) in [6.45, 7) is 3.75. The third-order valence-electron chi connectivity index (χ3n) is 3.01. The highest BCUT2D eigenvalue weighted by Gasteiger charge is 2.20. The van der Waals surface area contributed by atoms with Crippen LogP contribution in [0.3, 0.4) is 0 Å². The Kier molecular flexibility index (Phi) is 3.65. The van der Waals surface area contributed by atoms with E-state index in [2.05, 4.69) is 0 Å². The van der Waals surface area contributed by atoms with Gasteiger partial charge in [0, 0.05) is 0 Å². The van der Waals surface area contributed by atoms with Gasteiger partial charge in [-0.2, -0.15) is 0 Å². The summed E-state index contributed by atoms with van der Waals surface area (Å²) in [6.07, 6.45) is 0. The Morgan fingerprint density at radius 1 is 1.16 bits per heavy atom. The molecule has 2 rings (SSSR count). The highest BCUT2D eigenvalue weighted by Crippen LogP contribution is 2.27. The number of hydrogen-bond donors (Lipinski definition) is 0. The van der Waals surface area contributed by atoms with Crippen LogP contribution in [-0.2, 0) is 0 Å². The van der Waals surface area contributed by atoms with Gasteiger partial charge in [0.15, 0.2) is 5.78 Å². The minimum atomic E-state index is -0.519. The zero-order valence-electron chi connectivity index (χ0n) is 11.2. The van der Waals surface area contributed by atoms with Crippen LogP contribution in [0.2, 0.25) is 0 Å². The van der Waals surface area contributed by atoms with Crippen LogP contribution in [0.4, 0.5) is 4.39 Å². The maximum Gasteiger partial charge on any atom is 0.199 e. The van der Waals surface area contributed by atoms with Crippen molar-refractivity contribution in [3.63, 3.8) is 0 Å². The first kappa shape index (κ1) is 13.3. The second-order valence-electron chi connectivity index (χ2n) is 4.47. The second-order valence-corrected chi connectivity index (χ2v) is 4.47. The molecule has 0 aliphatic heterocycles. The topological polar surface area (TPSA) is 26.3 Å². The number of methoxy groups -OCH3 is 1. The summed E-state index contributed by atoms with van der Waals surface area (Å²) < 4.78 is 19.0. The lowest BCUT2D eigenvalue weighted by Crippen LogP contribution is -2.08. The standard InChI is InChI=1S/C16H15FO2/c1-10-8-11(2)15(14(9-10)19-3)16(18)12-6-4-5-7-13(12)17/h4-9H,1-3H3. The molecule has 2 nitrogen and oxygen atoms in total. The molecule has 0 unspecified atom stereocenters. The number of aryl methyl sites for hydroxylation is 2. The fraction of sp³-hybridized carbons (Fsp3) is 0.188. The van der Waals surface area contributed by atoms with Crippen molar-refractivity contribution in [3.8, 4) is 5.75 Å². The number of carbonyl (C=O) groups excluding carboxylic acids is 1. The maximum absolute atomic E-state index is 13.7. The van der Waals surface area contributed by atoms with Crippen molar-refractivity contribution < 1.29 is 13.9 Å². The van der Waals surface area contributed by atoms with Gasteiger partial charge in [-0.25, -0.2) is 4.39 Å². The largest absolute Gasteiger partial charge is 0.496 e. The van der Waals surface area contributed by atoms with Gasteiger partial charge in [-0.05, 0) is 43.2 Å². The van der Waals surface area contributed by atoms with Crippen molar-refractivity contribution in [3.05, 3.63) is 64.5 Å². The van der Waals surface area contributed by atoms with Crippen molar-refractivity contribution in [2.45, 2.75) is 13.8 Å². The molecule has 0 fully saturated rings. The molecule has 2 aromatic rings. The molecule has 0 aromatic heterocycles. The summed E-state index contributed by atoms with van der Waals surface area (Å²) in [5.74, 6) is -0.396. The van der Waals surface area contributed by atoms with Gasteiger partial charge >= 0.3 is 0 Å². The predicted molar refractivity (Wildman–Crippen MR) is 72.3 cm³/mol. The van der Waals surface area contributed by atoms with Crippen molar-refractivity contribution in [1.82, 2.24) is 0 Å². The van der Waals surface area contributed by atoms with Crippen LogP contribution in [0.15, 0.2) is 36.4 Å². The SMILES string of the molecule is COc1cc(C)cc(C)c1C(=O)c1ccccc1F. The Bertz CT molecular complexity index is 633. The van der Waals surface area contributed by atoms with Gasteiger partial charge in [-0.15, -0.1) is 0 Å². The van der Waals surface area contributed by atoms with Crippen LogP contribution in [0.1, 0.15) is 27.0 Å². The van der Waals surface area contributed by atoms with E-state index < -0.39 is 5.82 Å². The molecule has 0 amide bonds. The first-order valence-corrected chi connectivity index (χ1v) is 5.99. The number of ether oxygens (including phenoxy) is 1. The maximum atomic E-state index is 13.7. The van der Waals surface area contributed by atoms with Crippen LogP contribution in [0, 0.1) is 19.7 Å². The zero-order chi connectivity index (χ0) is 14.0. The number of rotatable bonds is 3. The summed E-state index contributed by atoms with van der Waals surface area (Å²) >= 11 is 0. The molecule has 0 bridgehead atoms. The monoisotopic (exact) mass is 258 g/mol. The summed E-state index contributed by atoms with van der Waals surface area (Å²) in [4.78, 5) is 12.5. The average Bonchev–Trinajstić information content (AvgIpc) is 2.37. The van der Waals surface area contributed by atoms with Gasteiger partial charge < -0.3 is 4.74 Å². The van der Waals surface area contributed by atoms with Crippen LogP contribution in [0.25, 0.3) is 0 Å². The van der Waals surface area contributed by atoms with E-state index >= 15 is 0 Å². The molecular formula is C16H15FO2. The third-order valence-corrected chi connectivity index (χ3v) is 3.01. The van der Waals surface area contributed by atoms with Crippen molar-refractivity contribution in [1.29, 1.82) is 0 Å². The van der Waals surface area contributed by atoms with E-state index in [-0.39, 0.29) is 11.3 Å². The summed E-state index contributed by atoms with van der Waals surface area (Å²) in [7, 11) is 1.51. The van der Waals surface area contributed by atoms with Gasteiger partial charge in [-0.3, -0.25) is 4.79 Å². The predicted octanol–water partition coefficient (Wildman–Crippen LogP) is 3.68. The minimum absolute atomic E-state index is 0.0627. The Morgan fingerprint density at radius 3 is 2.47 bits per heavy atom. The van der Waals surface area contributed by atoms with Gasteiger partial charge in [0.05, 0.1) is 18.2 Å². The molecule has 3 heteroatoms. The second kappa shape index (κ2) is 5.22. The summed E-state index contributed by atoms with van der Waals surface area (Å²) in [5.41, 5.74) is 2.26. The lowest BCUT2D eigenvalue weighted by atomic mass is 9.96. The minimum Gasteiger partial charge on any atom is -0.496 e. The van der Waals surface area contributed by atoms with E-state index in [1.54, 1.807) is 18.2 Å². The average molecular weight is 258 g/mol. The summed E-state index contributed by atoms with van der Waals surface area (Å²) in [5, 5.41) is 0. The zero-order valence-corrected chi connectivity index (χ0v) is 11.2. The number of hydrogen-bond acceptors (Lipinski definition) is 2. The quantitative estimate of drug-likeness (QED) is 0.785. The molecular weight excluding hydrogens is 243 g/mol. The highest BCUT2D eigenvalue weighted by molar-refractivity contribution is 6.11. The molecule has 0 saturated heterocycles. The van der Waals surface area contributed by atoms with E-state index in [1.165, 1.54) is 19.2 Å². The van der Waals surface area contributed by atoms with E-state index in [0.29, 0.717) is 11.3 Å². The van der Waals surface area contributed by atoms with Crippen molar-refractivity contribution >= 4 is 5.78 Å². The van der Waals surface area contributed by atoms with Gasteiger partial charge in [-0.1, -0.05) is 18.2 Å². The van der Waals surface area contributed by atoms with Gasteiger partial charge in [0.25, 0.3) is 0 Å². The molecule has 0 N–H and O–H groups in total. The fourth-order valence-corrected chi connectivity index (χ4v) is 2.16. The molecule has 0 heterocycles. The van der Waals surface area contributed by atoms with Crippen LogP contribution in [-0.4, -0.2) is 12.9 Å². The molecule has 0 saturated carbocycles. The third kappa shape index (κ3) is 2.50. The number of benzene rings is 2. The van der Waals surface area contributed by atoms with Crippen LogP contribution in [0.5, 0.6) is 5.75 Å². The molecule has 0 atom stereocenters. The summed E-state index contributed by atoms with van der Waals surface area (Å²) in [6, 6.07) is 9.63. The van der Waals surface area contributed by atoms with E-state index in [0.717, 1.165) is 11.1 Å². The van der Waals surface area contributed by atoms with Crippen LogP contribution >= 0.6 is 0 Å². The van der Waals surface area contributed by atoms with E-state index in [1.807, 2.05) is 19.9 Å². The lowest BCUT2D eigenvalue weighted by Gasteiger charge is -2.12. The lowest BCUT2D eigenvalue weighted by molar-refractivity contribution is 0.103. The molecule has 2 aromatic carbocycles. The molecule has 0 radical (unpaired) electrons. The number of halogens is 1. The van der Waals surface area contributed by atoms with E-state index in [9.17, 15) is 9.18 Å². The molecule has 0 aliphatic rings. The number of carbonyl (C=O) groups is 1. The first-order chi connectivity index (χ1) is 9.04.